The van der Waals surface area contributed by atoms with Crippen LogP contribution in [0.2, 0.25) is 0 Å². The largest absolute Gasteiger partial charge is 0.310 e. The fourth-order valence-electron chi connectivity index (χ4n) is 1.88. The molecule has 0 aliphatic carbocycles. The molecule has 5 nitrogen and oxygen atoms in total. The van der Waals surface area contributed by atoms with Gasteiger partial charge in [-0.3, -0.25) is 4.79 Å². The highest BCUT2D eigenvalue weighted by molar-refractivity contribution is 7.89. The molecule has 0 amide bonds. The third kappa shape index (κ3) is 3.72. The van der Waals surface area contributed by atoms with Crippen LogP contribution in [-0.2, 0) is 16.6 Å². The number of allylic oxidation sites excluding steroid dienone is 1. The molecular weight excluding hydrogens is 300 g/mol. The first-order valence-corrected chi connectivity index (χ1v) is 8.20. The standard InChI is InChI=1S/C16H18N2O3S/c1-17(2)22(20,21)15-10-11-16(19)18(13-15)12-6-9-14-7-4-3-5-8-14/h3-11,13H,12H2,1-2H3/b9-6+. The van der Waals surface area contributed by atoms with E-state index in [-0.39, 0.29) is 10.5 Å². The summed E-state index contributed by atoms with van der Waals surface area (Å²) in [6, 6.07) is 12.3. The minimum atomic E-state index is -3.54. The normalized spacial score (nSPS) is 12.1. The first kappa shape index (κ1) is 16.2. The lowest BCUT2D eigenvalue weighted by Crippen LogP contribution is -2.25. The predicted molar refractivity (Wildman–Crippen MR) is 87.1 cm³/mol. The maximum atomic E-state index is 12.1. The molecule has 0 radical (unpaired) electrons. The molecule has 1 aromatic carbocycles. The van der Waals surface area contributed by atoms with E-state index in [0.717, 1.165) is 9.87 Å². The van der Waals surface area contributed by atoms with Gasteiger partial charge in [-0.05, 0) is 11.6 Å². The van der Waals surface area contributed by atoms with E-state index in [1.165, 1.54) is 37.0 Å². The first-order chi connectivity index (χ1) is 10.4. The van der Waals surface area contributed by atoms with Gasteiger partial charge in [-0.25, -0.2) is 12.7 Å². The molecule has 0 atom stereocenters. The maximum Gasteiger partial charge on any atom is 0.250 e. The van der Waals surface area contributed by atoms with Crippen molar-refractivity contribution in [1.29, 1.82) is 0 Å². The van der Waals surface area contributed by atoms with E-state index in [0.29, 0.717) is 6.54 Å². The van der Waals surface area contributed by atoms with E-state index < -0.39 is 10.0 Å². The molecule has 0 saturated heterocycles. The van der Waals surface area contributed by atoms with Crippen molar-refractivity contribution in [3.8, 4) is 0 Å². The van der Waals surface area contributed by atoms with Crippen LogP contribution in [0.1, 0.15) is 5.56 Å². The predicted octanol–water partition coefficient (Wildman–Crippen LogP) is 1.81. The molecule has 0 spiro atoms. The molecule has 0 saturated carbocycles. The molecule has 2 rings (SSSR count). The van der Waals surface area contributed by atoms with Crippen LogP contribution in [-0.4, -0.2) is 31.4 Å². The van der Waals surface area contributed by atoms with Crippen molar-refractivity contribution in [2.75, 3.05) is 14.1 Å². The highest BCUT2D eigenvalue weighted by atomic mass is 32.2. The van der Waals surface area contributed by atoms with Crippen LogP contribution in [0.5, 0.6) is 0 Å². The second-order valence-corrected chi connectivity index (χ2v) is 7.11. The van der Waals surface area contributed by atoms with Crippen LogP contribution in [0.15, 0.2) is 64.4 Å². The van der Waals surface area contributed by atoms with Crippen LogP contribution in [0.25, 0.3) is 6.08 Å². The number of hydrogen-bond donors (Lipinski definition) is 0. The molecular formula is C16H18N2O3S. The molecule has 0 fully saturated rings. The zero-order valence-corrected chi connectivity index (χ0v) is 13.3. The van der Waals surface area contributed by atoms with E-state index in [2.05, 4.69) is 0 Å². The average Bonchev–Trinajstić information content (AvgIpc) is 2.50. The molecule has 0 aliphatic heterocycles. The maximum absolute atomic E-state index is 12.1. The molecule has 0 bridgehead atoms. The van der Waals surface area contributed by atoms with Gasteiger partial charge in [-0.1, -0.05) is 42.5 Å². The molecule has 1 aromatic heterocycles. The van der Waals surface area contributed by atoms with Crippen molar-refractivity contribution in [3.05, 3.63) is 70.7 Å². The molecule has 0 N–H and O–H groups in total. The lowest BCUT2D eigenvalue weighted by Gasteiger charge is -2.12. The summed E-state index contributed by atoms with van der Waals surface area (Å²) >= 11 is 0. The molecule has 2 aromatic rings. The van der Waals surface area contributed by atoms with Gasteiger partial charge >= 0.3 is 0 Å². The van der Waals surface area contributed by atoms with Crippen molar-refractivity contribution in [3.63, 3.8) is 0 Å². The molecule has 22 heavy (non-hydrogen) atoms. The fraction of sp³-hybridized carbons (Fsp3) is 0.188. The van der Waals surface area contributed by atoms with Crippen LogP contribution >= 0.6 is 0 Å². The third-order valence-electron chi connectivity index (χ3n) is 3.15. The second kappa shape index (κ2) is 6.72. The smallest absolute Gasteiger partial charge is 0.250 e. The highest BCUT2D eigenvalue weighted by Crippen LogP contribution is 2.10. The van der Waals surface area contributed by atoms with E-state index in [1.54, 1.807) is 0 Å². The Morgan fingerprint density at radius 3 is 2.41 bits per heavy atom. The minimum Gasteiger partial charge on any atom is -0.310 e. The second-order valence-electron chi connectivity index (χ2n) is 4.96. The van der Waals surface area contributed by atoms with Gasteiger partial charge in [0.1, 0.15) is 0 Å². The number of pyridine rings is 1. The molecule has 116 valence electrons. The van der Waals surface area contributed by atoms with Gasteiger partial charge in [-0.15, -0.1) is 0 Å². The van der Waals surface area contributed by atoms with Crippen molar-refractivity contribution in [2.45, 2.75) is 11.4 Å². The number of benzene rings is 1. The van der Waals surface area contributed by atoms with E-state index in [1.807, 2.05) is 42.5 Å². The Hall–Kier alpha value is -2.18. The summed E-state index contributed by atoms with van der Waals surface area (Å²) < 4.78 is 26.7. The Labute approximate surface area is 130 Å². The molecule has 6 heteroatoms. The summed E-state index contributed by atoms with van der Waals surface area (Å²) in [5, 5.41) is 0. The number of aromatic nitrogens is 1. The van der Waals surface area contributed by atoms with E-state index in [4.69, 9.17) is 0 Å². The first-order valence-electron chi connectivity index (χ1n) is 6.76. The van der Waals surface area contributed by atoms with Gasteiger partial charge in [0.05, 0.1) is 4.90 Å². The SMILES string of the molecule is CN(C)S(=O)(=O)c1ccc(=O)n(C/C=C/c2ccccc2)c1. The quantitative estimate of drug-likeness (QED) is 0.845. The minimum absolute atomic E-state index is 0.102. The van der Waals surface area contributed by atoms with Crippen LogP contribution < -0.4 is 5.56 Å². The Kier molecular flexibility index (Phi) is 4.95. The summed E-state index contributed by atoms with van der Waals surface area (Å²) in [5.41, 5.74) is 0.781. The van der Waals surface area contributed by atoms with Gasteiger partial charge in [0.15, 0.2) is 0 Å². The molecule has 1 heterocycles. The van der Waals surface area contributed by atoms with E-state index in [9.17, 15) is 13.2 Å². The Morgan fingerprint density at radius 2 is 1.77 bits per heavy atom. The van der Waals surface area contributed by atoms with Crippen LogP contribution in [0.3, 0.4) is 0 Å². The third-order valence-corrected chi connectivity index (χ3v) is 4.95. The number of sulfonamides is 1. The Bertz CT molecular complexity index is 822. The fourth-order valence-corrected chi connectivity index (χ4v) is 2.80. The van der Waals surface area contributed by atoms with E-state index >= 15 is 0 Å². The van der Waals surface area contributed by atoms with Crippen LogP contribution in [0, 0.1) is 0 Å². The van der Waals surface area contributed by atoms with Crippen molar-refractivity contribution in [2.24, 2.45) is 0 Å². The number of nitrogens with zero attached hydrogens (tertiary/aromatic N) is 2. The number of rotatable bonds is 5. The molecule has 0 unspecified atom stereocenters. The van der Waals surface area contributed by atoms with Crippen LogP contribution in [0.4, 0.5) is 0 Å². The lowest BCUT2D eigenvalue weighted by molar-refractivity contribution is 0.519. The van der Waals surface area contributed by atoms with Gasteiger partial charge < -0.3 is 4.57 Å². The van der Waals surface area contributed by atoms with Gasteiger partial charge in [0, 0.05) is 32.9 Å². The Balaban J connectivity index is 2.25. The zero-order valence-electron chi connectivity index (χ0n) is 12.5. The lowest BCUT2D eigenvalue weighted by atomic mass is 10.2. The Morgan fingerprint density at radius 1 is 1.09 bits per heavy atom. The summed E-state index contributed by atoms with van der Waals surface area (Å²) in [7, 11) is -0.627. The van der Waals surface area contributed by atoms with Crippen molar-refractivity contribution < 1.29 is 8.42 Å². The summed E-state index contributed by atoms with van der Waals surface area (Å²) in [5.74, 6) is 0. The topological polar surface area (TPSA) is 59.4 Å². The summed E-state index contributed by atoms with van der Waals surface area (Å²) in [6.07, 6.45) is 5.08. The van der Waals surface area contributed by atoms with Gasteiger partial charge in [0.2, 0.25) is 10.0 Å². The zero-order chi connectivity index (χ0) is 16.2. The van der Waals surface area contributed by atoms with Gasteiger partial charge in [0.25, 0.3) is 5.56 Å². The highest BCUT2D eigenvalue weighted by Gasteiger charge is 2.17. The van der Waals surface area contributed by atoms with Crippen molar-refractivity contribution in [1.82, 2.24) is 8.87 Å². The van der Waals surface area contributed by atoms with Gasteiger partial charge in [-0.2, -0.15) is 0 Å². The number of hydrogen-bond acceptors (Lipinski definition) is 3. The van der Waals surface area contributed by atoms with Crippen molar-refractivity contribution >= 4 is 16.1 Å². The average molecular weight is 318 g/mol. The monoisotopic (exact) mass is 318 g/mol. The molecule has 0 aliphatic rings. The summed E-state index contributed by atoms with van der Waals surface area (Å²) in [6.45, 7) is 0.310. The summed E-state index contributed by atoms with van der Waals surface area (Å²) in [4.78, 5) is 11.9.